The van der Waals surface area contributed by atoms with E-state index in [9.17, 15) is 0 Å². The molecule has 0 radical (unpaired) electrons. The average Bonchev–Trinajstić information content (AvgIpc) is 2.57. The zero-order valence-corrected chi connectivity index (χ0v) is 11.0. The van der Waals surface area contributed by atoms with Crippen LogP contribution in [0.4, 0.5) is 0 Å². The fourth-order valence-corrected chi connectivity index (χ4v) is 2.11. The molecule has 0 saturated carbocycles. The summed E-state index contributed by atoms with van der Waals surface area (Å²) < 4.78 is 3.06. The first-order valence-corrected chi connectivity index (χ1v) is 6.14. The Morgan fingerprint density at radius 2 is 2.25 bits per heavy atom. The minimum atomic E-state index is 0.375. The Bertz CT molecular complexity index is 504. The SMILES string of the molecule is CC(C)c1nc2cc(Br)cnc2n1CCN. The van der Waals surface area contributed by atoms with E-state index in [4.69, 9.17) is 5.73 Å². The van der Waals surface area contributed by atoms with Gasteiger partial charge in [0.1, 0.15) is 11.3 Å². The lowest BCUT2D eigenvalue weighted by atomic mass is 10.2. The van der Waals surface area contributed by atoms with Crippen LogP contribution in [0.2, 0.25) is 0 Å². The Morgan fingerprint density at radius 3 is 2.88 bits per heavy atom. The van der Waals surface area contributed by atoms with Crippen LogP contribution in [0, 0.1) is 0 Å². The quantitative estimate of drug-likeness (QED) is 0.940. The van der Waals surface area contributed by atoms with Crippen LogP contribution < -0.4 is 5.73 Å². The predicted molar refractivity (Wildman–Crippen MR) is 68.4 cm³/mol. The standard InChI is InChI=1S/C11H15BrN4/c1-7(2)10-15-9-5-8(12)6-14-11(9)16(10)4-3-13/h5-7H,3-4,13H2,1-2H3. The van der Waals surface area contributed by atoms with Crippen molar-refractivity contribution in [2.24, 2.45) is 5.73 Å². The predicted octanol–water partition coefficient (Wildman–Crippen LogP) is 2.28. The van der Waals surface area contributed by atoms with Crippen molar-refractivity contribution in [1.82, 2.24) is 14.5 Å². The molecule has 2 N–H and O–H groups in total. The number of halogens is 1. The molecule has 0 amide bonds. The van der Waals surface area contributed by atoms with Crippen molar-refractivity contribution in [3.8, 4) is 0 Å². The highest BCUT2D eigenvalue weighted by Gasteiger charge is 2.14. The molecule has 86 valence electrons. The molecule has 0 bridgehead atoms. The highest BCUT2D eigenvalue weighted by Crippen LogP contribution is 2.22. The number of nitrogens with two attached hydrogens (primary N) is 1. The maximum absolute atomic E-state index is 5.62. The maximum Gasteiger partial charge on any atom is 0.160 e. The van der Waals surface area contributed by atoms with Gasteiger partial charge >= 0.3 is 0 Å². The summed E-state index contributed by atoms with van der Waals surface area (Å²) in [6.45, 7) is 5.62. The summed E-state index contributed by atoms with van der Waals surface area (Å²) in [4.78, 5) is 9.01. The normalized spacial score (nSPS) is 11.6. The zero-order valence-electron chi connectivity index (χ0n) is 9.44. The molecular formula is C11H15BrN4. The number of aromatic nitrogens is 3. The van der Waals surface area contributed by atoms with Gasteiger partial charge in [-0.15, -0.1) is 0 Å². The Morgan fingerprint density at radius 1 is 1.50 bits per heavy atom. The third-order valence-electron chi connectivity index (χ3n) is 2.45. The number of hydrogen-bond acceptors (Lipinski definition) is 3. The van der Waals surface area contributed by atoms with E-state index in [1.807, 2.05) is 6.07 Å². The molecule has 0 aliphatic carbocycles. The van der Waals surface area contributed by atoms with Crippen molar-refractivity contribution >= 4 is 27.1 Å². The molecule has 0 atom stereocenters. The van der Waals surface area contributed by atoms with Crippen molar-refractivity contribution in [3.05, 3.63) is 22.6 Å². The second-order valence-corrected chi connectivity index (χ2v) is 4.98. The Balaban J connectivity index is 2.65. The molecule has 2 heterocycles. The van der Waals surface area contributed by atoms with Crippen LogP contribution in [0.15, 0.2) is 16.7 Å². The number of hydrogen-bond donors (Lipinski definition) is 1. The summed E-state index contributed by atoms with van der Waals surface area (Å²) in [5, 5.41) is 0. The van der Waals surface area contributed by atoms with E-state index in [0.29, 0.717) is 12.5 Å². The minimum absolute atomic E-state index is 0.375. The van der Waals surface area contributed by atoms with Gasteiger partial charge in [0.25, 0.3) is 0 Å². The van der Waals surface area contributed by atoms with Crippen molar-refractivity contribution < 1.29 is 0 Å². The van der Waals surface area contributed by atoms with Gasteiger partial charge in [0.15, 0.2) is 5.65 Å². The largest absolute Gasteiger partial charge is 0.329 e. The maximum atomic E-state index is 5.62. The van der Waals surface area contributed by atoms with Crippen LogP contribution >= 0.6 is 15.9 Å². The second kappa shape index (κ2) is 4.51. The van der Waals surface area contributed by atoms with E-state index in [0.717, 1.165) is 28.0 Å². The summed E-state index contributed by atoms with van der Waals surface area (Å²) >= 11 is 3.41. The molecule has 0 fully saturated rings. The van der Waals surface area contributed by atoms with Crippen LogP contribution in [-0.4, -0.2) is 21.1 Å². The number of nitrogens with zero attached hydrogens (tertiary/aromatic N) is 3. The summed E-state index contributed by atoms with van der Waals surface area (Å²) in [5.74, 6) is 1.42. The molecule has 0 saturated heterocycles. The third kappa shape index (κ3) is 1.97. The van der Waals surface area contributed by atoms with Gasteiger partial charge in [0, 0.05) is 29.7 Å². The molecule has 2 aromatic heterocycles. The van der Waals surface area contributed by atoms with Crippen LogP contribution in [-0.2, 0) is 6.54 Å². The minimum Gasteiger partial charge on any atom is -0.329 e. The van der Waals surface area contributed by atoms with Gasteiger partial charge in [0.05, 0.1) is 0 Å². The summed E-state index contributed by atoms with van der Waals surface area (Å²) in [6.07, 6.45) is 1.79. The van der Waals surface area contributed by atoms with E-state index in [1.165, 1.54) is 0 Å². The highest BCUT2D eigenvalue weighted by atomic mass is 79.9. The van der Waals surface area contributed by atoms with Crippen LogP contribution in [0.3, 0.4) is 0 Å². The van der Waals surface area contributed by atoms with Crippen molar-refractivity contribution in [3.63, 3.8) is 0 Å². The zero-order chi connectivity index (χ0) is 11.7. The van der Waals surface area contributed by atoms with Gasteiger partial charge in [-0.25, -0.2) is 9.97 Å². The highest BCUT2D eigenvalue weighted by molar-refractivity contribution is 9.10. The average molecular weight is 283 g/mol. The molecule has 16 heavy (non-hydrogen) atoms. The third-order valence-corrected chi connectivity index (χ3v) is 2.88. The molecule has 0 aliphatic rings. The molecule has 4 nitrogen and oxygen atoms in total. The molecular weight excluding hydrogens is 268 g/mol. The summed E-state index contributed by atoms with van der Waals surface area (Å²) in [6, 6.07) is 1.99. The van der Waals surface area contributed by atoms with E-state index >= 15 is 0 Å². The van der Waals surface area contributed by atoms with E-state index < -0.39 is 0 Å². The van der Waals surface area contributed by atoms with E-state index in [1.54, 1.807) is 6.20 Å². The fraction of sp³-hybridized carbons (Fsp3) is 0.455. The fourth-order valence-electron chi connectivity index (χ4n) is 1.79. The summed E-state index contributed by atoms with van der Waals surface area (Å²) in [5.41, 5.74) is 7.46. The Kier molecular flexibility index (Phi) is 3.25. The van der Waals surface area contributed by atoms with Gasteiger partial charge in [0.2, 0.25) is 0 Å². The lowest BCUT2D eigenvalue weighted by Gasteiger charge is -2.08. The molecule has 0 aliphatic heterocycles. The van der Waals surface area contributed by atoms with Gasteiger partial charge < -0.3 is 10.3 Å². The first-order valence-electron chi connectivity index (χ1n) is 5.35. The molecule has 0 unspecified atom stereocenters. The van der Waals surface area contributed by atoms with Gasteiger partial charge in [-0.3, -0.25) is 0 Å². The van der Waals surface area contributed by atoms with Gasteiger partial charge in [-0.1, -0.05) is 13.8 Å². The molecule has 0 aromatic carbocycles. The van der Waals surface area contributed by atoms with Crippen molar-refractivity contribution in [1.29, 1.82) is 0 Å². The lowest BCUT2D eigenvalue weighted by molar-refractivity contribution is 0.638. The van der Waals surface area contributed by atoms with Crippen LogP contribution in [0.1, 0.15) is 25.6 Å². The number of rotatable bonds is 3. The van der Waals surface area contributed by atoms with Crippen LogP contribution in [0.5, 0.6) is 0 Å². The van der Waals surface area contributed by atoms with Crippen molar-refractivity contribution in [2.45, 2.75) is 26.3 Å². The first kappa shape index (κ1) is 11.5. The topological polar surface area (TPSA) is 56.7 Å². The molecule has 5 heteroatoms. The number of fused-ring (bicyclic) bond motifs is 1. The molecule has 2 rings (SSSR count). The van der Waals surface area contributed by atoms with Crippen LogP contribution in [0.25, 0.3) is 11.2 Å². The monoisotopic (exact) mass is 282 g/mol. The Hall–Kier alpha value is -0.940. The number of imidazole rings is 1. The van der Waals surface area contributed by atoms with Gasteiger partial charge in [-0.2, -0.15) is 0 Å². The molecule has 0 spiro atoms. The van der Waals surface area contributed by atoms with Crippen molar-refractivity contribution in [2.75, 3.05) is 6.54 Å². The number of pyridine rings is 1. The van der Waals surface area contributed by atoms with E-state index in [2.05, 4.69) is 44.3 Å². The Labute approximate surface area is 103 Å². The second-order valence-electron chi connectivity index (χ2n) is 4.06. The molecule has 2 aromatic rings. The summed E-state index contributed by atoms with van der Waals surface area (Å²) in [7, 11) is 0. The first-order chi connectivity index (χ1) is 7.63. The van der Waals surface area contributed by atoms with E-state index in [-0.39, 0.29) is 0 Å². The smallest absolute Gasteiger partial charge is 0.160 e. The lowest BCUT2D eigenvalue weighted by Crippen LogP contribution is -2.13. The van der Waals surface area contributed by atoms with Gasteiger partial charge in [-0.05, 0) is 22.0 Å².